The van der Waals surface area contributed by atoms with E-state index in [2.05, 4.69) is 26.8 Å². The van der Waals surface area contributed by atoms with Crippen LogP contribution in [0.4, 0.5) is 19.0 Å². The zero-order valence-electron chi connectivity index (χ0n) is 14.5. The molecule has 0 aromatic carbocycles. The van der Waals surface area contributed by atoms with E-state index in [1.807, 2.05) is 6.92 Å². The van der Waals surface area contributed by atoms with Crippen molar-refractivity contribution in [1.82, 2.24) is 19.9 Å². The van der Waals surface area contributed by atoms with Crippen LogP contribution in [0.15, 0.2) is 25.2 Å². The quantitative estimate of drug-likeness (QED) is 0.628. The lowest BCUT2D eigenvalue weighted by molar-refractivity contribution is -0.129. The average molecular weight is 381 g/mol. The van der Waals surface area contributed by atoms with E-state index in [-0.39, 0.29) is 34.8 Å². The Morgan fingerprint density at radius 1 is 1.37 bits per heavy atom. The van der Waals surface area contributed by atoms with Gasteiger partial charge < -0.3 is 15.2 Å². The number of nitrogens with one attached hydrogen (secondary N) is 2. The van der Waals surface area contributed by atoms with Gasteiger partial charge in [-0.15, -0.1) is 0 Å². The fourth-order valence-corrected chi connectivity index (χ4v) is 3.25. The Bertz CT molecular complexity index is 892. The van der Waals surface area contributed by atoms with Gasteiger partial charge in [0.15, 0.2) is 0 Å². The highest BCUT2D eigenvalue weighted by molar-refractivity contribution is 6.12. The molecule has 0 saturated carbocycles. The second-order valence-electron chi connectivity index (χ2n) is 6.44. The molecule has 1 saturated heterocycles. The topological polar surface area (TPSA) is 91.0 Å². The summed E-state index contributed by atoms with van der Waals surface area (Å²) in [5.74, 6) is -2.05. The number of likely N-dealkylation sites (tertiary alicyclic amines) is 1. The van der Waals surface area contributed by atoms with Crippen molar-refractivity contribution in [1.29, 1.82) is 0 Å². The molecule has 3 rings (SSSR count). The summed E-state index contributed by atoms with van der Waals surface area (Å²) in [5, 5.41) is 3.05. The lowest BCUT2D eigenvalue weighted by Gasteiger charge is -2.38. The van der Waals surface area contributed by atoms with Crippen LogP contribution in [0.1, 0.15) is 30.1 Å². The van der Waals surface area contributed by atoms with Crippen molar-refractivity contribution < 1.29 is 22.8 Å². The zero-order valence-corrected chi connectivity index (χ0v) is 14.5. The third-order valence-corrected chi connectivity index (χ3v) is 4.65. The Morgan fingerprint density at radius 2 is 2.11 bits per heavy atom. The van der Waals surface area contributed by atoms with Crippen molar-refractivity contribution in [3.63, 3.8) is 0 Å². The van der Waals surface area contributed by atoms with E-state index in [4.69, 9.17) is 0 Å². The van der Waals surface area contributed by atoms with Gasteiger partial charge in [-0.1, -0.05) is 6.58 Å². The first-order valence-corrected chi connectivity index (χ1v) is 8.35. The number of hydrogen-bond acceptors (Lipinski definition) is 5. The standard InChI is InChI=1S/C17H18F3N5O2/c1-3-12(26)25-7-10(5-4-9(25)2)24-16-13-11(14(27)17(18,19)20)6-21-15(13)22-8-23-16/h3,6,8-10H,1,4-5,7H2,2H3,(H2,21,22,23,24)/t9-,10+/m0/s1. The van der Waals surface area contributed by atoms with Gasteiger partial charge in [0, 0.05) is 24.8 Å². The fraction of sp³-hybridized carbons (Fsp3) is 0.412. The normalized spacial score (nSPS) is 20.5. The maximum absolute atomic E-state index is 12.9. The maximum atomic E-state index is 12.9. The largest absolute Gasteiger partial charge is 0.454 e. The molecule has 1 fully saturated rings. The van der Waals surface area contributed by atoms with E-state index in [9.17, 15) is 22.8 Å². The van der Waals surface area contributed by atoms with Crippen LogP contribution in [0.25, 0.3) is 11.0 Å². The number of hydrogen-bond donors (Lipinski definition) is 2. The lowest BCUT2D eigenvalue weighted by Crippen LogP contribution is -2.49. The summed E-state index contributed by atoms with van der Waals surface area (Å²) in [7, 11) is 0. The average Bonchev–Trinajstić information content (AvgIpc) is 3.06. The van der Waals surface area contributed by atoms with E-state index in [0.29, 0.717) is 19.4 Å². The minimum Gasteiger partial charge on any atom is -0.365 e. The molecule has 1 aliphatic rings. The van der Waals surface area contributed by atoms with E-state index in [0.717, 1.165) is 6.20 Å². The molecular weight excluding hydrogens is 363 g/mol. The number of piperidine rings is 1. The Balaban J connectivity index is 1.91. The lowest BCUT2D eigenvalue weighted by atomic mass is 9.99. The van der Waals surface area contributed by atoms with Crippen LogP contribution in [0, 0.1) is 0 Å². The number of ketones is 1. The van der Waals surface area contributed by atoms with Gasteiger partial charge in [0.25, 0.3) is 5.78 Å². The molecule has 3 heterocycles. The van der Waals surface area contributed by atoms with Crippen LogP contribution in [0.5, 0.6) is 0 Å². The second-order valence-corrected chi connectivity index (χ2v) is 6.44. The summed E-state index contributed by atoms with van der Waals surface area (Å²) < 4.78 is 38.6. The van der Waals surface area contributed by atoms with Crippen LogP contribution in [-0.2, 0) is 4.79 Å². The molecule has 0 unspecified atom stereocenters. The van der Waals surface area contributed by atoms with Crippen LogP contribution in [-0.4, -0.2) is 56.3 Å². The van der Waals surface area contributed by atoms with Crippen LogP contribution >= 0.6 is 0 Å². The number of alkyl halides is 3. The number of fused-ring (bicyclic) bond motifs is 1. The van der Waals surface area contributed by atoms with Gasteiger partial charge in [-0.3, -0.25) is 9.59 Å². The van der Waals surface area contributed by atoms with Crippen molar-refractivity contribution in [3.8, 4) is 0 Å². The smallest absolute Gasteiger partial charge is 0.365 e. The first-order chi connectivity index (χ1) is 12.7. The number of H-pyrrole nitrogens is 1. The summed E-state index contributed by atoms with van der Waals surface area (Å²) in [4.78, 5) is 35.8. The Morgan fingerprint density at radius 3 is 2.78 bits per heavy atom. The first kappa shape index (κ1) is 18.9. The third-order valence-electron chi connectivity index (χ3n) is 4.65. The molecule has 2 N–H and O–H groups in total. The number of amides is 1. The monoisotopic (exact) mass is 381 g/mol. The van der Waals surface area contributed by atoms with Crippen molar-refractivity contribution in [2.45, 2.75) is 38.0 Å². The van der Waals surface area contributed by atoms with Crippen molar-refractivity contribution in [2.24, 2.45) is 0 Å². The Hall–Kier alpha value is -2.91. The summed E-state index contributed by atoms with van der Waals surface area (Å²) in [5.41, 5.74) is -0.410. The van der Waals surface area contributed by atoms with E-state index >= 15 is 0 Å². The fourth-order valence-electron chi connectivity index (χ4n) is 3.25. The number of nitrogens with zero attached hydrogens (tertiary/aromatic N) is 3. The van der Waals surface area contributed by atoms with Gasteiger partial charge in [-0.05, 0) is 25.8 Å². The Kier molecular flexibility index (Phi) is 4.90. The van der Waals surface area contributed by atoms with Crippen molar-refractivity contribution in [2.75, 3.05) is 11.9 Å². The minimum absolute atomic E-state index is 0.0138. The zero-order chi connectivity index (χ0) is 19.8. The molecule has 0 radical (unpaired) electrons. The predicted octanol–water partition coefficient (Wildman–Crippen LogP) is 2.68. The molecule has 2 aromatic rings. The van der Waals surface area contributed by atoms with Crippen LogP contribution in [0.2, 0.25) is 0 Å². The van der Waals surface area contributed by atoms with Gasteiger partial charge in [-0.25, -0.2) is 9.97 Å². The number of aromatic amines is 1. The van der Waals surface area contributed by atoms with Gasteiger partial charge in [-0.2, -0.15) is 13.2 Å². The van der Waals surface area contributed by atoms with Gasteiger partial charge >= 0.3 is 6.18 Å². The van der Waals surface area contributed by atoms with Crippen LogP contribution < -0.4 is 5.32 Å². The predicted molar refractivity (Wildman–Crippen MR) is 92.3 cm³/mol. The van der Waals surface area contributed by atoms with E-state index in [1.165, 1.54) is 12.4 Å². The number of aromatic nitrogens is 3. The molecule has 2 aromatic heterocycles. The van der Waals surface area contributed by atoms with E-state index < -0.39 is 17.5 Å². The maximum Gasteiger partial charge on any atom is 0.454 e. The third kappa shape index (κ3) is 3.64. The van der Waals surface area contributed by atoms with Crippen LogP contribution in [0.3, 0.4) is 0 Å². The molecule has 7 nitrogen and oxygen atoms in total. The van der Waals surface area contributed by atoms with Crippen molar-refractivity contribution >= 4 is 28.5 Å². The summed E-state index contributed by atoms with van der Waals surface area (Å²) in [6, 6.07) is -0.194. The number of halogens is 3. The Labute approximate surface area is 152 Å². The summed E-state index contributed by atoms with van der Waals surface area (Å²) in [6.45, 7) is 5.76. The second kappa shape index (κ2) is 7.01. The highest BCUT2D eigenvalue weighted by Gasteiger charge is 2.41. The van der Waals surface area contributed by atoms with Gasteiger partial charge in [0.1, 0.15) is 17.8 Å². The van der Waals surface area contributed by atoms with Crippen molar-refractivity contribution in [3.05, 3.63) is 30.7 Å². The molecule has 10 heteroatoms. The van der Waals surface area contributed by atoms with Gasteiger partial charge in [0.05, 0.1) is 10.9 Å². The number of rotatable bonds is 4. The molecule has 0 spiro atoms. The highest BCUT2D eigenvalue weighted by Crippen LogP contribution is 2.30. The number of anilines is 1. The molecular formula is C17H18F3N5O2. The number of carbonyl (C=O) groups excluding carboxylic acids is 2. The summed E-state index contributed by atoms with van der Waals surface area (Å²) >= 11 is 0. The molecule has 27 heavy (non-hydrogen) atoms. The molecule has 2 atom stereocenters. The minimum atomic E-state index is -5.00. The number of Topliss-reactive ketones (excluding diaryl/α,β-unsaturated/α-hetero) is 1. The molecule has 1 aliphatic heterocycles. The number of carbonyl (C=O) groups is 2. The first-order valence-electron chi connectivity index (χ1n) is 8.35. The summed E-state index contributed by atoms with van der Waals surface area (Å²) in [6.07, 6.45) is -0.185. The molecule has 1 amide bonds. The molecule has 0 bridgehead atoms. The van der Waals surface area contributed by atoms with Gasteiger partial charge in [0.2, 0.25) is 5.91 Å². The molecule has 144 valence electrons. The SMILES string of the molecule is C=CC(=O)N1C[C@H](Nc2ncnc3[nH]cc(C(=O)C(F)(F)F)c23)CC[C@@H]1C. The van der Waals surface area contributed by atoms with E-state index in [1.54, 1.807) is 4.90 Å². The highest BCUT2D eigenvalue weighted by atomic mass is 19.4. The molecule has 0 aliphatic carbocycles.